The first-order valence-electron chi connectivity index (χ1n) is 2.80. The molecule has 48 valence electrons. The summed E-state index contributed by atoms with van der Waals surface area (Å²) in [5.74, 6) is 2.58. The van der Waals surface area contributed by atoms with Crippen molar-refractivity contribution in [2.75, 3.05) is 11.5 Å². The lowest BCUT2D eigenvalue weighted by molar-refractivity contribution is 1.34. The lowest BCUT2D eigenvalue weighted by Crippen LogP contribution is -1.88. The molecule has 0 N–H and O–H groups in total. The Labute approximate surface area is 67.0 Å². The van der Waals surface area contributed by atoms with E-state index in [0.717, 1.165) is 0 Å². The Bertz CT molecular complexity index is 183. The number of fused-ring (bicyclic) bond motifs is 1. The quantitative estimate of drug-likeness (QED) is 0.593. The van der Waals surface area contributed by atoms with E-state index in [0.29, 0.717) is 0 Å². The van der Waals surface area contributed by atoms with Crippen molar-refractivity contribution in [3.8, 4) is 0 Å². The van der Waals surface area contributed by atoms with Gasteiger partial charge in [0.15, 0.2) is 0 Å². The van der Waals surface area contributed by atoms with Crippen LogP contribution in [-0.4, -0.2) is 11.5 Å². The molecule has 0 saturated heterocycles. The Balaban J connectivity index is 2.39. The number of hydrogen-bond donors (Lipinski definition) is 0. The highest BCUT2D eigenvalue weighted by atomic mass is 32.2. The maximum Gasteiger partial charge on any atom is 0.0735 e. The first-order valence-corrected chi connectivity index (χ1v) is 5.65. The van der Waals surface area contributed by atoms with Gasteiger partial charge in [-0.15, -0.1) is 34.9 Å². The number of hydrogen-bond acceptors (Lipinski definition) is 3. The maximum atomic E-state index is 2.22. The molecule has 0 unspecified atom stereocenters. The van der Waals surface area contributed by atoms with Gasteiger partial charge in [-0.3, -0.25) is 0 Å². The summed E-state index contributed by atoms with van der Waals surface area (Å²) in [6.45, 7) is 0. The minimum atomic E-state index is 1.29. The fraction of sp³-hybridized carbons (Fsp3) is 0.333. The predicted molar refractivity (Wildman–Crippen MR) is 45.8 cm³/mol. The van der Waals surface area contributed by atoms with Crippen LogP contribution in [0.15, 0.2) is 20.6 Å². The van der Waals surface area contributed by atoms with Gasteiger partial charge in [0.1, 0.15) is 0 Å². The summed E-state index contributed by atoms with van der Waals surface area (Å²) in [5.41, 5.74) is 0. The molecular weight excluding hydrogens is 168 g/mol. The minimum absolute atomic E-state index is 1.29. The van der Waals surface area contributed by atoms with Gasteiger partial charge in [-0.1, -0.05) is 0 Å². The standard InChI is InChI=1S/C6H6S3/c1-2-8-6-5(1)7-3-4-9-6/h1-2H,3-4H2. The Hall–Kier alpha value is 0.400. The fourth-order valence-corrected chi connectivity index (χ4v) is 4.31. The molecule has 2 rings (SSSR count). The second-order valence-corrected chi connectivity index (χ2v) is 5.19. The molecule has 0 radical (unpaired) electrons. The van der Waals surface area contributed by atoms with Crippen LogP contribution in [-0.2, 0) is 0 Å². The summed E-state index contributed by atoms with van der Waals surface area (Å²) in [4.78, 5) is 1.50. The molecule has 0 aliphatic carbocycles. The third kappa shape index (κ3) is 1.14. The highest BCUT2D eigenvalue weighted by Gasteiger charge is 2.09. The topological polar surface area (TPSA) is 0 Å². The molecule has 1 aromatic heterocycles. The van der Waals surface area contributed by atoms with E-state index in [1.54, 1.807) is 0 Å². The van der Waals surface area contributed by atoms with Crippen molar-refractivity contribution in [1.82, 2.24) is 0 Å². The average Bonchev–Trinajstić information content (AvgIpc) is 2.33. The Morgan fingerprint density at radius 2 is 2.11 bits per heavy atom. The van der Waals surface area contributed by atoms with Gasteiger partial charge in [0.2, 0.25) is 0 Å². The molecule has 0 bridgehead atoms. The zero-order valence-corrected chi connectivity index (χ0v) is 7.24. The SMILES string of the molecule is c1cc2c(s1)SCCS2. The molecule has 0 nitrogen and oxygen atoms in total. The number of rotatable bonds is 0. The Kier molecular flexibility index (Phi) is 1.75. The van der Waals surface area contributed by atoms with Crippen LogP contribution in [0.3, 0.4) is 0 Å². The van der Waals surface area contributed by atoms with Gasteiger partial charge in [-0.05, 0) is 11.4 Å². The molecular formula is C6H6S3. The van der Waals surface area contributed by atoms with E-state index in [1.807, 2.05) is 34.9 Å². The van der Waals surface area contributed by atoms with Crippen molar-refractivity contribution < 1.29 is 0 Å². The first kappa shape index (κ1) is 6.13. The van der Waals surface area contributed by atoms with Gasteiger partial charge in [0, 0.05) is 16.4 Å². The van der Waals surface area contributed by atoms with Crippen LogP contribution in [0, 0.1) is 0 Å². The van der Waals surface area contributed by atoms with Gasteiger partial charge in [0.25, 0.3) is 0 Å². The molecule has 0 spiro atoms. The lowest BCUT2D eigenvalue weighted by atomic mass is 10.7. The molecule has 2 heterocycles. The summed E-state index contributed by atoms with van der Waals surface area (Å²) < 4.78 is 1.52. The molecule has 0 aromatic carbocycles. The summed E-state index contributed by atoms with van der Waals surface area (Å²) in [7, 11) is 0. The highest BCUT2D eigenvalue weighted by Crippen LogP contribution is 2.39. The summed E-state index contributed by atoms with van der Waals surface area (Å²) in [5, 5.41) is 2.18. The largest absolute Gasteiger partial charge is 0.136 e. The van der Waals surface area contributed by atoms with Crippen LogP contribution in [0.2, 0.25) is 0 Å². The van der Waals surface area contributed by atoms with E-state index in [-0.39, 0.29) is 0 Å². The van der Waals surface area contributed by atoms with E-state index >= 15 is 0 Å². The molecule has 1 aliphatic rings. The average molecular weight is 174 g/mol. The van der Waals surface area contributed by atoms with Crippen molar-refractivity contribution in [2.24, 2.45) is 0 Å². The lowest BCUT2D eigenvalue weighted by Gasteiger charge is -2.07. The molecule has 0 amide bonds. The van der Waals surface area contributed by atoms with Crippen LogP contribution in [0.25, 0.3) is 0 Å². The molecule has 0 fully saturated rings. The van der Waals surface area contributed by atoms with E-state index in [2.05, 4.69) is 11.4 Å². The first-order chi connectivity index (χ1) is 4.47. The van der Waals surface area contributed by atoms with Gasteiger partial charge < -0.3 is 0 Å². The second kappa shape index (κ2) is 2.56. The van der Waals surface area contributed by atoms with Crippen molar-refractivity contribution in [3.05, 3.63) is 11.4 Å². The zero-order chi connectivity index (χ0) is 6.10. The Morgan fingerprint density at radius 1 is 1.22 bits per heavy atom. The van der Waals surface area contributed by atoms with Gasteiger partial charge >= 0.3 is 0 Å². The Morgan fingerprint density at radius 3 is 3.00 bits per heavy atom. The monoisotopic (exact) mass is 174 g/mol. The summed E-state index contributed by atoms with van der Waals surface area (Å²) in [6.07, 6.45) is 0. The maximum absolute atomic E-state index is 2.22. The van der Waals surface area contributed by atoms with Crippen LogP contribution in [0.4, 0.5) is 0 Å². The minimum Gasteiger partial charge on any atom is -0.136 e. The fourth-order valence-electron chi connectivity index (χ4n) is 0.782. The summed E-state index contributed by atoms with van der Waals surface area (Å²) >= 11 is 5.85. The van der Waals surface area contributed by atoms with Crippen LogP contribution in [0.1, 0.15) is 0 Å². The van der Waals surface area contributed by atoms with Gasteiger partial charge in [-0.2, -0.15) is 0 Å². The third-order valence-electron chi connectivity index (χ3n) is 1.17. The molecule has 0 atom stereocenters. The smallest absolute Gasteiger partial charge is 0.0735 e. The van der Waals surface area contributed by atoms with Crippen LogP contribution in [0.5, 0.6) is 0 Å². The van der Waals surface area contributed by atoms with E-state index in [9.17, 15) is 0 Å². The molecule has 1 aliphatic heterocycles. The van der Waals surface area contributed by atoms with Crippen LogP contribution < -0.4 is 0 Å². The van der Waals surface area contributed by atoms with E-state index in [1.165, 1.54) is 20.6 Å². The highest BCUT2D eigenvalue weighted by molar-refractivity contribution is 8.06. The van der Waals surface area contributed by atoms with E-state index < -0.39 is 0 Å². The molecule has 1 aromatic rings. The van der Waals surface area contributed by atoms with Gasteiger partial charge in [0.05, 0.1) is 4.21 Å². The van der Waals surface area contributed by atoms with Crippen molar-refractivity contribution in [3.63, 3.8) is 0 Å². The number of thioether (sulfide) groups is 2. The predicted octanol–water partition coefficient (Wildman–Crippen LogP) is 2.95. The molecule has 3 heteroatoms. The summed E-state index contributed by atoms with van der Waals surface area (Å²) in [6, 6.07) is 2.22. The second-order valence-electron chi connectivity index (χ2n) is 1.77. The molecule has 0 saturated carbocycles. The normalized spacial score (nSPS) is 17.3. The van der Waals surface area contributed by atoms with Crippen molar-refractivity contribution in [1.29, 1.82) is 0 Å². The van der Waals surface area contributed by atoms with Crippen LogP contribution >= 0.6 is 34.9 Å². The molecule has 9 heavy (non-hydrogen) atoms. The van der Waals surface area contributed by atoms with E-state index in [4.69, 9.17) is 0 Å². The number of thiophene rings is 1. The third-order valence-corrected chi connectivity index (χ3v) is 4.98. The zero-order valence-electron chi connectivity index (χ0n) is 4.79. The van der Waals surface area contributed by atoms with Gasteiger partial charge in [-0.25, -0.2) is 0 Å². The van der Waals surface area contributed by atoms with Crippen molar-refractivity contribution >= 4 is 34.9 Å². The van der Waals surface area contributed by atoms with Crippen molar-refractivity contribution in [2.45, 2.75) is 9.10 Å².